The van der Waals surface area contributed by atoms with Crippen molar-refractivity contribution in [1.29, 1.82) is 0 Å². The average molecular weight is 403 g/mol. The molecule has 1 aromatic rings. The van der Waals surface area contributed by atoms with Crippen LogP contribution in [0.25, 0.3) is 0 Å². The molecule has 3 heteroatoms. The first-order valence-corrected chi connectivity index (χ1v) is 12.5. The van der Waals surface area contributed by atoms with Gasteiger partial charge in [0, 0.05) is 6.54 Å². The van der Waals surface area contributed by atoms with Crippen molar-refractivity contribution in [3.05, 3.63) is 29.8 Å². The fraction of sp³-hybridized carbons (Fsp3) is 0.769. The Labute approximate surface area is 180 Å². The monoisotopic (exact) mass is 402 g/mol. The molecule has 0 unspecified atom stereocenters. The normalized spacial score (nSPS) is 15.1. The predicted molar refractivity (Wildman–Crippen MR) is 126 cm³/mol. The van der Waals surface area contributed by atoms with Crippen molar-refractivity contribution >= 4 is 0 Å². The van der Waals surface area contributed by atoms with Gasteiger partial charge in [-0.15, -0.1) is 0 Å². The molecule has 3 nitrogen and oxygen atoms in total. The lowest BCUT2D eigenvalue weighted by molar-refractivity contribution is 0.224. The standard InChI is InChI=1S/C26H46N2O/c1-3-27(4-2)24-25-16-18-26(19-17-25)29-23-15-10-8-6-5-7-9-12-20-28-21-13-11-14-22-28/h16-19H,3-15,20-24H2,1-2H3. The highest BCUT2D eigenvalue weighted by atomic mass is 16.5. The Morgan fingerprint density at radius 2 is 1.34 bits per heavy atom. The van der Waals surface area contributed by atoms with E-state index in [-0.39, 0.29) is 0 Å². The van der Waals surface area contributed by atoms with Gasteiger partial charge in [0.25, 0.3) is 0 Å². The zero-order chi connectivity index (χ0) is 20.6. The molecule has 0 N–H and O–H groups in total. The van der Waals surface area contributed by atoms with E-state index in [9.17, 15) is 0 Å². The van der Waals surface area contributed by atoms with Crippen LogP contribution < -0.4 is 4.74 Å². The van der Waals surface area contributed by atoms with E-state index < -0.39 is 0 Å². The summed E-state index contributed by atoms with van der Waals surface area (Å²) in [4.78, 5) is 5.10. The van der Waals surface area contributed by atoms with Crippen LogP contribution in [0.4, 0.5) is 0 Å². The van der Waals surface area contributed by atoms with E-state index in [4.69, 9.17) is 4.74 Å². The number of nitrogens with zero attached hydrogens (tertiary/aromatic N) is 2. The first kappa shape index (κ1) is 24.2. The number of unbranched alkanes of at least 4 members (excludes halogenated alkanes) is 7. The minimum Gasteiger partial charge on any atom is -0.494 e. The van der Waals surface area contributed by atoms with Crippen molar-refractivity contribution in [2.75, 3.05) is 39.3 Å². The minimum atomic E-state index is 0.852. The lowest BCUT2D eigenvalue weighted by Gasteiger charge is -2.26. The maximum atomic E-state index is 5.92. The maximum Gasteiger partial charge on any atom is 0.119 e. The third kappa shape index (κ3) is 11.1. The topological polar surface area (TPSA) is 15.7 Å². The summed E-state index contributed by atoms with van der Waals surface area (Å²) >= 11 is 0. The summed E-state index contributed by atoms with van der Waals surface area (Å²) in [6, 6.07) is 8.67. The molecule has 2 rings (SSSR count). The Bertz CT molecular complexity index is 492. The first-order valence-electron chi connectivity index (χ1n) is 12.5. The summed E-state index contributed by atoms with van der Waals surface area (Å²) in [7, 11) is 0. The number of hydrogen-bond acceptors (Lipinski definition) is 3. The number of piperidine rings is 1. The van der Waals surface area contributed by atoms with Gasteiger partial charge < -0.3 is 9.64 Å². The Kier molecular flexibility index (Phi) is 13.1. The van der Waals surface area contributed by atoms with E-state index in [1.165, 1.54) is 95.8 Å². The molecule has 1 aliphatic rings. The summed E-state index contributed by atoms with van der Waals surface area (Å²) < 4.78 is 5.92. The molecule has 0 saturated carbocycles. The van der Waals surface area contributed by atoms with E-state index in [1.54, 1.807) is 0 Å². The van der Waals surface area contributed by atoms with Crippen molar-refractivity contribution in [3.8, 4) is 5.75 Å². The van der Waals surface area contributed by atoms with Gasteiger partial charge in [0.1, 0.15) is 5.75 Å². The summed E-state index contributed by atoms with van der Waals surface area (Å²) in [5, 5.41) is 0. The van der Waals surface area contributed by atoms with Gasteiger partial charge in [0.2, 0.25) is 0 Å². The fourth-order valence-electron chi connectivity index (χ4n) is 4.27. The molecule has 0 bridgehead atoms. The van der Waals surface area contributed by atoms with Gasteiger partial charge in [-0.2, -0.15) is 0 Å². The second kappa shape index (κ2) is 15.7. The first-order chi connectivity index (χ1) is 14.3. The Morgan fingerprint density at radius 3 is 1.97 bits per heavy atom. The van der Waals surface area contributed by atoms with E-state index >= 15 is 0 Å². The summed E-state index contributed by atoms with van der Waals surface area (Å²) in [6.07, 6.45) is 15.2. The number of ether oxygens (including phenoxy) is 1. The molecule has 0 aliphatic carbocycles. The van der Waals surface area contributed by atoms with Crippen molar-refractivity contribution in [2.24, 2.45) is 0 Å². The van der Waals surface area contributed by atoms with Crippen molar-refractivity contribution in [3.63, 3.8) is 0 Å². The second-order valence-corrected chi connectivity index (χ2v) is 8.68. The summed E-state index contributed by atoms with van der Waals surface area (Å²) in [5.74, 6) is 1.02. The van der Waals surface area contributed by atoms with Crippen LogP contribution in [0.3, 0.4) is 0 Å². The molecule has 0 aromatic heterocycles. The molecule has 1 fully saturated rings. The highest BCUT2D eigenvalue weighted by Gasteiger charge is 2.08. The van der Waals surface area contributed by atoms with Gasteiger partial charge in [-0.25, -0.2) is 0 Å². The SMILES string of the molecule is CCN(CC)Cc1ccc(OCCCCCCCCCCN2CCCCC2)cc1. The molecule has 0 amide bonds. The van der Waals surface area contributed by atoms with Crippen LogP contribution in [0.15, 0.2) is 24.3 Å². The molecular weight excluding hydrogens is 356 g/mol. The number of rotatable bonds is 16. The van der Waals surface area contributed by atoms with Gasteiger partial charge in [0.15, 0.2) is 0 Å². The van der Waals surface area contributed by atoms with Crippen LogP contribution in [-0.2, 0) is 6.54 Å². The Balaban J connectivity index is 1.39. The number of benzene rings is 1. The van der Waals surface area contributed by atoms with Gasteiger partial charge in [0.05, 0.1) is 6.61 Å². The molecule has 1 heterocycles. The van der Waals surface area contributed by atoms with Crippen molar-refractivity contribution in [2.45, 2.75) is 91.0 Å². The van der Waals surface area contributed by atoms with Crippen LogP contribution >= 0.6 is 0 Å². The van der Waals surface area contributed by atoms with Crippen LogP contribution in [0, 0.1) is 0 Å². The third-order valence-electron chi connectivity index (χ3n) is 6.31. The van der Waals surface area contributed by atoms with Crippen molar-refractivity contribution < 1.29 is 4.74 Å². The second-order valence-electron chi connectivity index (χ2n) is 8.68. The summed E-state index contributed by atoms with van der Waals surface area (Å²) in [5.41, 5.74) is 1.37. The zero-order valence-electron chi connectivity index (χ0n) is 19.3. The maximum absolute atomic E-state index is 5.92. The molecule has 1 saturated heterocycles. The molecule has 0 atom stereocenters. The van der Waals surface area contributed by atoms with Gasteiger partial charge in [-0.1, -0.05) is 70.9 Å². The highest BCUT2D eigenvalue weighted by molar-refractivity contribution is 5.27. The zero-order valence-corrected chi connectivity index (χ0v) is 19.3. The molecule has 0 spiro atoms. The molecule has 29 heavy (non-hydrogen) atoms. The molecule has 1 aliphatic heterocycles. The molecule has 166 valence electrons. The van der Waals surface area contributed by atoms with E-state index in [2.05, 4.69) is 47.9 Å². The smallest absolute Gasteiger partial charge is 0.119 e. The lowest BCUT2D eigenvalue weighted by Crippen LogP contribution is -2.30. The van der Waals surface area contributed by atoms with Gasteiger partial charge >= 0.3 is 0 Å². The quantitative estimate of drug-likeness (QED) is 0.293. The van der Waals surface area contributed by atoms with Crippen LogP contribution in [-0.4, -0.2) is 49.1 Å². The minimum absolute atomic E-state index is 0.852. The van der Waals surface area contributed by atoms with E-state index in [0.29, 0.717) is 0 Å². The van der Waals surface area contributed by atoms with E-state index in [1.807, 2.05) is 0 Å². The Hall–Kier alpha value is -1.06. The Morgan fingerprint density at radius 1 is 0.759 bits per heavy atom. The molecule has 0 radical (unpaired) electrons. The van der Waals surface area contributed by atoms with Crippen LogP contribution in [0.2, 0.25) is 0 Å². The fourth-order valence-corrected chi connectivity index (χ4v) is 4.27. The summed E-state index contributed by atoms with van der Waals surface area (Å²) in [6.45, 7) is 12.6. The predicted octanol–water partition coefficient (Wildman–Crippen LogP) is 6.51. The van der Waals surface area contributed by atoms with Gasteiger partial charge in [-0.3, -0.25) is 4.90 Å². The van der Waals surface area contributed by atoms with Crippen molar-refractivity contribution in [1.82, 2.24) is 9.80 Å². The largest absolute Gasteiger partial charge is 0.494 e. The average Bonchev–Trinajstić information content (AvgIpc) is 2.77. The van der Waals surface area contributed by atoms with Crippen LogP contribution in [0.5, 0.6) is 5.75 Å². The van der Waals surface area contributed by atoms with Crippen LogP contribution in [0.1, 0.15) is 90.0 Å². The molecule has 1 aromatic carbocycles. The molecular formula is C26H46N2O. The van der Waals surface area contributed by atoms with E-state index in [0.717, 1.165) is 32.0 Å². The number of hydrogen-bond donors (Lipinski definition) is 0. The number of likely N-dealkylation sites (tertiary alicyclic amines) is 1. The lowest BCUT2D eigenvalue weighted by atomic mass is 10.1. The highest BCUT2D eigenvalue weighted by Crippen LogP contribution is 2.15. The third-order valence-corrected chi connectivity index (χ3v) is 6.31. The van der Waals surface area contributed by atoms with Gasteiger partial charge in [-0.05, 0) is 76.1 Å².